The number of hydrogen-bond acceptors (Lipinski definition) is 2. The molecule has 2 fully saturated rings. The van der Waals surface area contributed by atoms with Crippen molar-refractivity contribution in [3.63, 3.8) is 0 Å². The maximum Gasteiger partial charge on any atom is 0.0585 e. The summed E-state index contributed by atoms with van der Waals surface area (Å²) in [5, 5.41) is 0. The Hall–Kier alpha value is -0.0800. The summed E-state index contributed by atoms with van der Waals surface area (Å²) in [5.74, 6) is 0. The van der Waals surface area contributed by atoms with E-state index in [9.17, 15) is 0 Å². The zero-order valence-corrected chi connectivity index (χ0v) is 8.59. The van der Waals surface area contributed by atoms with Crippen molar-refractivity contribution in [1.82, 2.24) is 0 Å². The lowest BCUT2D eigenvalue weighted by atomic mass is 9.65. The highest BCUT2D eigenvalue weighted by Crippen LogP contribution is 2.45. The Morgan fingerprint density at radius 1 is 1.38 bits per heavy atom. The molecule has 0 radical (unpaired) electrons. The van der Waals surface area contributed by atoms with E-state index in [0.29, 0.717) is 17.6 Å². The van der Waals surface area contributed by atoms with Crippen LogP contribution in [0.4, 0.5) is 0 Å². The van der Waals surface area contributed by atoms with Crippen LogP contribution < -0.4 is 5.73 Å². The van der Waals surface area contributed by atoms with Crippen LogP contribution >= 0.6 is 0 Å². The molecule has 1 aliphatic carbocycles. The van der Waals surface area contributed by atoms with Crippen LogP contribution in [0.15, 0.2) is 0 Å². The molecule has 2 heteroatoms. The van der Waals surface area contributed by atoms with Gasteiger partial charge in [0.1, 0.15) is 0 Å². The molecular weight excluding hydrogens is 162 g/mol. The average Bonchev–Trinajstić information content (AvgIpc) is 2.44. The van der Waals surface area contributed by atoms with E-state index < -0.39 is 0 Å². The fourth-order valence-electron chi connectivity index (χ4n) is 2.69. The minimum absolute atomic E-state index is 0.467. The molecule has 0 aromatic heterocycles. The van der Waals surface area contributed by atoms with E-state index in [4.69, 9.17) is 10.5 Å². The summed E-state index contributed by atoms with van der Waals surface area (Å²) in [6, 6.07) is 0. The molecule has 2 unspecified atom stereocenters. The quantitative estimate of drug-likeness (QED) is 0.727. The molecule has 1 heterocycles. The Morgan fingerprint density at radius 2 is 2.15 bits per heavy atom. The molecule has 1 aliphatic heterocycles. The lowest BCUT2D eigenvalue weighted by molar-refractivity contribution is -0.000489. The smallest absolute Gasteiger partial charge is 0.0585 e. The van der Waals surface area contributed by atoms with Crippen LogP contribution in [0.25, 0.3) is 0 Å². The van der Waals surface area contributed by atoms with Gasteiger partial charge in [-0.15, -0.1) is 0 Å². The van der Waals surface area contributed by atoms with E-state index in [2.05, 4.69) is 6.92 Å². The maximum atomic E-state index is 5.84. The second-order valence-corrected chi connectivity index (χ2v) is 4.91. The first-order valence-electron chi connectivity index (χ1n) is 5.60. The molecule has 0 aromatic carbocycles. The van der Waals surface area contributed by atoms with Gasteiger partial charge < -0.3 is 10.5 Å². The summed E-state index contributed by atoms with van der Waals surface area (Å²) in [4.78, 5) is 0. The number of rotatable bonds is 3. The third-order valence-electron chi connectivity index (χ3n) is 3.83. The Bertz CT molecular complexity index is 171. The molecule has 1 saturated carbocycles. The largest absolute Gasteiger partial charge is 0.375 e. The van der Waals surface area contributed by atoms with E-state index >= 15 is 0 Å². The van der Waals surface area contributed by atoms with Crippen molar-refractivity contribution in [2.75, 3.05) is 6.54 Å². The topological polar surface area (TPSA) is 35.2 Å². The van der Waals surface area contributed by atoms with E-state index in [1.807, 2.05) is 0 Å². The van der Waals surface area contributed by atoms with E-state index in [-0.39, 0.29) is 0 Å². The predicted molar refractivity (Wildman–Crippen MR) is 53.5 cm³/mol. The van der Waals surface area contributed by atoms with Crippen LogP contribution in [-0.4, -0.2) is 18.8 Å². The van der Waals surface area contributed by atoms with Gasteiger partial charge in [0, 0.05) is 0 Å². The summed E-state index contributed by atoms with van der Waals surface area (Å²) in [6.45, 7) is 3.04. The van der Waals surface area contributed by atoms with Crippen LogP contribution in [0.3, 0.4) is 0 Å². The van der Waals surface area contributed by atoms with Crippen molar-refractivity contribution in [2.24, 2.45) is 11.1 Å². The van der Waals surface area contributed by atoms with Gasteiger partial charge in [0.2, 0.25) is 0 Å². The first kappa shape index (κ1) is 9.47. The standard InChI is InChI=1S/C11H21NO/c1-9-3-4-10(13-9)7-11(8-12)5-2-6-11/h9-10H,2-8,12H2,1H3. The van der Waals surface area contributed by atoms with Crippen molar-refractivity contribution < 1.29 is 4.74 Å². The average molecular weight is 183 g/mol. The molecule has 0 amide bonds. The lowest BCUT2D eigenvalue weighted by Crippen LogP contribution is -2.40. The number of ether oxygens (including phenoxy) is 1. The minimum Gasteiger partial charge on any atom is -0.375 e. The zero-order valence-electron chi connectivity index (χ0n) is 8.59. The van der Waals surface area contributed by atoms with Crippen LogP contribution in [-0.2, 0) is 4.74 Å². The molecule has 2 atom stereocenters. The summed E-state index contributed by atoms with van der Waals surface area (Å²) in [7, 11) is 0. The Morgan fingerprint density at radius 3 is 2.54 bits per heavy atom. The molecule has 0 aromatic rings. The fraction of sp³-hybridized carbons (Fsp3) is 1.00. The Labute approximate surface area is 80.8 Å². The number of hydrogen-bond donors (Lipinski definition) is 1. The van der Waals surface area contributed by atoms with Gasteiger partial charge in [-0.2, -0.15) is 0 Å². The highest BCUT2D eigenvalue weighted by atomic mass is 16.5. The molecule has 2 nitrogen and oxygen atoms in total. The molecule has 1 saturated heterocycles. The van der Waals surface area contributed by atoms with Gasteiger partial charge >= 0.3 is 0 Å². The second kappa shape index (κ2) is 3.58. The van der Waals surface area contributed by atoms with Crippen LogP contribution in [0.5, 0.6) is 0 Å². The van der Waals surface area contributed by atoms with E-state index in [0.717, 1.165) is 6.54 Å². The van der Waals surface area contributed by atoms with Gasteiger partial charge in [0.15, 0.2) is 0 Å². The van der Waals surface area contributed by atoms with Gasteiger partial charge in [0.05, 0.1) is 12.2 Å². The number of nitrogens with two attached hydrogens (primary N) is 1. The summed E-state index contributed by atoms with van der Waals surface area (Å²) < 4.78 is 5.84. The summed E-state index contributed by atoms with van der Waals surface area (Å²) >= 11 is 0. The molecule has 2 aliphatic rings. The predicted octanol–water partition coefficient (Wildman–Crippen LogP) is 2.07. The third-order valence-corrected chi connectivity index (χ3v) is 3.83. The second-order valence-electron chi connectivity index (χ2n) is 4.91. The third kappa shape index (κ3) is 1.89. The van der Waals surface area contributed by atoms with Crippen LogP contribution in [0, 0.1) is 5.41 Å². The molecule has 2 N–H and O–H groups in total. The van der Waals surface area contributed by atoms with Crippen LogP contribution in [0.1, 0.15) is 45.4 Å². The zero-order chi connectivity index (χ0) is 9.31. The molecular formula is C11H21NO. The normalized spacial score (nSPS) is 37.4. The molecule has 76 valence electrons. The first-order chi connectivity index (χ1) is 6.24. The van der Waals surface area contributed by atoms with Crippen molar-refractivity contribution >= 4 is 0 Å². The van der Waals surface area contributed by atoms with Gasteiger partial charge in [-0.05, 0) is 51.0 Å². The molecule has 0 spiro atoms. The van der Waals surface area contributed by atoms with E-state index in [1.165, 1.54) is 38.5 Å². The van der Waals surface area contributed by atoms with Crippen molar-refractivity contribution in [3.05, 3.63) is 0 Å². The minimum atomic E-state index is 0.467. The Kier molecular flexibility index (Phi) is 2.61. The fourth-order valence-corrected chi connectivity index (χ4v) is 2.69. The maximum absolute atomic E-state index is 5.84. The van der Waals surface area contributed by atoms with Gasteiger partial charge in [-0.1, -0.05) is 6.42 Å². The highest BCUT2D eigenvalue weighted by molar-refractivity contribution is 4.91. The first-order valence-corrected chi connectivity index (χ1v) is 5.60. The van der Waals surface area contributed by atoms with E-state index in [1.54, 1.807) is 0 Å². The van der Waals surface area contributed by atoms with Gasteiger partial charge in [0.25, 0.3) is 0 Å². The van der Waals surface area contributed by atoms with Gasteiger partial charge in [-0.25, -0.2) is 0 Å². The summed E-state index contributed by atoms with van der Waals surface area (Å²) in [6.07, 6.45) is 8.75. The van der Waals surface area contributed by atoms with Crippen molar-refractivity contribution in [3.8, 4) is 0 Å². The lowest BCUT2D eigenvalue weighted by Gasteiger charge is -2.42. The molecule has 13 heavy (non-hydrogen) atoms. The molecule has 2 rings (SSSR count). The van der Waals surface area contributed by atoms with Crippen molar-refractivity contribution in [2.45, 2.75) is 57.7 Å². The summed E-state index contributed by atoms with van der Waals surface area (Å²) in [5.41, 5.74) is 6.29. The van der Waals surface area contributed by atoms with Crippen LogP contribution in [0.2, 0.25) is 0 Å². The SMILES string of the molecule is CC1CCC(CC2(CN)CCC2)O1. The monoisotopic (exact) mass is 183 g/mol. The highest BCUT2D eigenvalue weighted by Gasteiger charge is 2.39. The molecule has 0 bridgehead atoms. The van der Waals surface area contributed by atoms with Gasteiger partial charge in [-0.3, -0.25) is 0 Å². The Balaban J connectivity index is 1.83. The van der Waals surface area contributed by atoms with Crippen molar-refractivity contribution in [1.29, 1.82) is 0 Å².